The molecule has 2 nitrogen and oxygen atoms in total. The lowest BCUT2D eigenvalue weighted by Crippen LogP contribution is -2.60. The van der Waals surface area contributed by atoms with Crippen molar-refractivity contribution in [3.63, 3.8) is 0 Å². The smallest absolute Gasteiger partial charge is 0.333 e. The van der Waals surface area contributed by atoms with Crippen LogP contribution in [0.3, 0.4) is 0 Å². The van der Waals surface area contributed by atoms with E-state index in [9.17, 15) is 0 Å². The van der Waals surface area contributed by atoms with Gasteiger partial charge in [0.25, 0.3) is 0 Å². The molecule has 2 aliphatic heterocycles. The molecule has 3 heterocycles. The fraction of sp³-hybridized carbons (Fsp3) is 0.100. The van der Waals surface area contributed by atoms with Gasteiger partial charge >= 0.3 is 6.85 Å². The van der Waals surface area contributed by atoms with Gasteiger partial charge in [0.2, 0.25) is 0 Å². The van der Waals surface area contributed by atoms with Crippen molar-refractivity contribution in [2.75, 3.05) is 4.81 Å². The maximum Gasteiger partial charge on any atom is 0.333 e. The van der Waals surface area contributed by atoms with E-state index in [4.69, 9.17) is 0 Å². The number of aryl methyl sites for hydroxylation is 1. The molecule has 0 N–H and O–H groups in total. The van der Waals surface area contributed by atoms with Gasteiger partial charge in [0.15, 0.2) is 0 Å². The maximum absolute atomic E-state index is 2.67. The first-order chi connectivity index (χ1) is 21.1. The van der Waals surface area contributed by atoms with Crippen LogP contribution in [0.15, 0.2) is 121 Å². The van der Waals surface area contributed by atoms with Gasteiger partial charge in [0.1, 0.15) is 0 Å². The van der Waals surface area contributed by atoms with Crippen LogP contribution >= 0.6 is 0 Å². The molecule has 0 unspecified atom stereocenters. The maximum atomic E-state index is 2.67. The summed E-state index contributed by atoms with van der Waals surface area (Å²) in [4.78, 5) is 2.67. The van der Waals surface area contributed by atoms with E-state index in [1.807, 2.05) is 0 Å². The predicted molar refractivity (Wildman–Crippen MR) is 182 cm³/mol. The van der Waals surface area contributed by atoms with Crippen LogP contribution in [-0.2, 0) is 5.41 Å². The van der Waals surface area contributed by atoms with E-state index in [1.165, 1.54) is 88.7 Å². The van der Waals surface area contributed by atoms with Crippen molar-refractivity contribution in [3.8, 4) is 27.9 Å². The molecule has 7 aromatic rings. The van der Waals surface area contributed by atoms with Crippen LogP contribution in [0.25, 0.3) is 49.7 Å². The van der Waals surface area contributed by atoms with Crippen molar-refractivity contribution in [2.45, 2.75) is 26.2 Å². The molecule has 0 saturated heterocycles. The summed E-state index contributed by atoms with van der Waals surface area (Å²) in [5.74, 6) is 0. The van der Waals surface area contributed by atoms with E-state index in [0.29, 0.717) is 0 Å². The van der Waals surface area contributed by atoms with Gasteiger partial charge in [-0.25, -0.2) is 0 Å². The Bertz CT molecular complexity index is 2340. The third-order valence-corrected chi connectivity index (χ3v) is 10.5. The average Bonchev–Trinajstić information content (AvgIpc) is 3.51. The highest BCUT2D eigenvalue weighted by Gasteiger charge is 2.47. The number of nitrogens with zero attached hydrogens (tertiary/aromatic N) is 2. The van der Waals surface area contributed by atoms with E-state index in [1.54, 1.807) is 0 Å². The molecule has 3 heteroatoms. The molecule has 0 radical (unpaired) electrons. The molecular weight excluding hydrogens is 519 g/mol. The number of para-hydroxylation sites is 3. The van der Waals surface area contributed by atoms with Gasteiger partial charge < -0.3 is 9.38 Å². The van der Waals surface area contributed by atoms with E-state index in [2.05, 4.69) is 151 Å². The standard InChI is InChI=1S/C40H29BN2/c1-24-23-29-26-21-22-31-36(27-15-7-9-17-30(27)40(31,2)3)38(26)43(25-13-5-4-6-14-25)41-32-18-10-12-20-34(32)42-33-19-11-8-16-28(33)35(24)39(42)37(29)41/h4-23H,1-3H3. The number of anilines is 2. The minimum absolute atomic E-state index is 0.0448. The van der Waals surface area contributed by atoms with Gasteiger partial charge in [-0.2, -0.15) is 0 Å². The molecule has 3 aliphatic rings. The summed E-state index contributed by atoms with van der Waals surface area (Å²) in [6, 6.07) is 45.5. The minimum Gasteiger partial charge on any atom is -0.376 e. The molecule has 0 bridgehead atoms. The van der Waals surface area contributed by atoms with Gasteiger partial charge in [0.05, 0.1) is 11.0 Å². The Hall–Kier alpha value is -5.02. The number of fused-ring (bicyclic) bond motifs is 12. The van der Waals surface area contributed by atoms with Crippen LogP contribution in [0, 0.1) is 6.92 Å². The number of rotatable bonds is 1. The molecule has 43 heavy (non-hydrogen) atoms. The Balaban J connectivity index is 1.45. The second-order valence-electron chi connectivity index (χ2n) is 13.0. The zero-order valence-electron chi connectivity index (χ0n) is 24.5. The average molecular weight is 548 g/mol. The third kappa shape index (κ3) is 2.72. The molecule has 0 amide bonds. The molecule has 1 aliphatic carbocycles. The predicted octanol–water partition coefficient (Wildman–Crippen LogP) is 8.64. The van der Waals surface area contributed by atoms with Crippen molar-refractivity contribution < 1.29 is 0 Å². The van der Waals surface area contributed by atoms with Crippen LogP contribution < -0.4 is 15.7 Å². The Labute approximate surface area is 251 Å². The molecule has 6 aromatic carbocycles. The zero-order chi connectivity index (χ0) is 28.6. The Morgan fingerprint density at radius 1 is 0.651 bits per heavy atom. The molecule has 10 rings (SSSR count). The van der Waals surface area contributed by atoms with Crippen molar-refractivity contribution in [2.24, 2.45) is 0 Å². The molecular formula is C40H29BN2. The van der Waals surface area contributed by atoms with Crippen LogP contribution in [0.5, 0.6) is 0 Å². The highest BCUT2D eigenvalue weighted by Crippen LogP contribution is 2.57. The zero-order valence-corrected chi connectivity index (χ0v) is 24.5. The SMILES string of the molecule is Cc1cc2c3c4c1c1ccccc1n4-c1ccccc1B3N(c1ccccc1)c1c-2ccc2c1-c1ccccc1C2(C)C. The summed E-state index contributed by atoms with van der Waals surface area (Å²) in [5.41, 5.74) is 18.7. The Morgan fingerprint density at radius 2 is 1.40 bits per heavy atom. The quantitative estimate of drug-likeness (QED) is 0.187. The number of hydrogen-bond acceptors (Lipinski definition) is 1. The Morgan fingerprint density at radius 3 is 2.28 bits per heavy atom. The van der Waals surface area contributed by atoms with Gasteiger partial charge in [0, 0.05) is 44.4 Å². The molecule has 0 spiro atoms. The molecule has 0 saturated carbocycles. The van der Waals surface area contributed by atoms with Crippen molar-refractivity contribution in [3.05, 3.63) is 138 Å². The van der Waals surface area contributed by atoms with Crippen molar-refractivity contribution in [1.82, 2.24) is 4.57 Å². The van der Waals surface area contributed by atoms with E-state index in [0.717, 1.165) is 0 Å². The van der Waals surface area contributed by atoms with Crippen molar-refractivity contribution in [1.29, 1.82) is 0 Å². The van der Waals surface area contributed by atoms with Gasteiger partial charge in [-0.1, -0.05) is 111 Å². The topological polar surface area (TPSA) is 8.17 Å². The first-order valence-corrected chi connectivity index (χ1v) is 15.3. The van der Waals surface area contributed by atoms with E-state index >= 15 is 0 Å². The lowest BCUT2D eigenvalue weighted by molar-refractivity contribution is 0.660. The van der Waals surface area contributed by atoms with Gasteiger partial charge in [-0.05, 0) is 69.9 Å². The largest absolute Gasteiger partial charge is 0.376 e. The summed E-state index contributed by atoms with van der Waals surface area (Å²) in [6.07, 6.45) is 0. The normalized spacial score (nSPS) is 15.0. The number of aromatic nitrogens is 1. The summed E-state index contributed by atoms with van der Waals surface area (Å²) < 4.78 is 2.54. The van der Waals surface area contributed by atoms with Crippen LogP contribution in [0.4, 0.5) is 11.4 Å². The molecule has 1 aromatic heterocycles. The fourth-order valence-corrected chi connectivity index (χ4v) is 8.72. The van der Waals surface area contributed by atoms with Crippen LogP contribution in [-0.4, -0.2) is 11.4 Å². The fourth-order valence-electron chi connectivity index (χ4n) is 8.72. The third-order valence-electron chi connectivity index (χ3n) is 10.5. The lowest BCUT2D eigenvalue weighted by Gasteiger charge is -2.43. The second-order valence-corrected chi connectivity index (χ2v) is 13.0. The summed E-state index contributed by atoms with van der Waals surface area (Å²) >= 11 is 0. The van der Waals surface area contributed by atoms with Crippen molar-refractivity contribution >= 4 is 51.0 Å². The Kier molecular flexibility index (Phi) is 4.31. The summed E-state index contributed by atoms with van der Waals surface area (Å²) in [7, 11) is 0. The summed E-state index contributed by atoms with van der Waals surface area (Å²) in [5, 5.41) is 2.70. The number of hydrogen-bond donors (Lipinski definition) is 0. The van der Waals surface area contributed by atoms with E-state index in [-0.39, 0.29) is 12.3 Å². The highest BCUT2D eigenvalue weighted by atomic mass is 15.1. The van der Waals surface area contributed by atoms with Crippen LogP contribution in [0.1, 0.15) is 30.5 Å². The monoisotopic (exact) mass is 548 g/mol. The number of benzene rings is 6. The highest BCUT2D eigenvalue weighted by molar-refractivity contribution is 6.93. The van der Waals surface area contributed by atoms with Crippen LogP contribution in [0.2, 0.25) is 0 Å². The first-order valence-electron chi connectivity index (χ1n) is 15.3. The summed E-state index contributed by atoms with van der Waals surface area (Å²) in [6.45, 7) is 7.12. The van der Waals surface area contributed by atoms with Gasteiger partial charge in [-0.3, -0.25) is 0 Å². The van der Waals surface area contributed by atoms with Gasteiger partial charge in [-0.15, -0.1) is 0 Å². The molecule has 202 valence electrons. The minimum atomic E-state index is -0.0691. The van der Waals surface area contributed by atoms with E-state index < -0.39 is 0 Å². The second kappa shape index (κ2) is 7.87. The first kappa shape index (κ1) is 23.5. The lowest BCUT2D eigenvalue weighted by atomic mass is 9.43. The molecule has 0 atom stereocenters. The molecule has 0 fully saturated rings.